The van der Waals surface area contributed by atoms with Gasteiger partial charge in [-0.2, -0.15) is 0 Å². The van der Waals surface area contributed by atoms with Crippen molar-refractivity contribution >= 4 is 23.2 Å². The zero-order valence-electron chi connectivity index (χ0n) is 13.2. The van der Waals surface area contributed by atoms with Crippen LogP contribution in [0.4, 0.5) is 4.39 Å². The molecule has 6 heteroatoms. The number of ether oxygens (including phenoxy) is 1. The summed E-state index contributed by atoms with van der Waals surface area (Å²) in [5.74, 6) is -0.0134. The van der Waals surface area contributed by atoms with Crippen LogP contribution in [0.5, 0.6) is 5.75 Å². The fourth-order valence-electron chi connectivity index (χ4n) is 2.30. The number of aromatic nitrogens is 1. The van der Waals surface area contributed by atoms with E-state index in [0.29, 0.717) is 28.9 Å². The first-order valence-corrected chi connectivity index (χ1v) is 7.82. The molecule has 0 spiro atoms. The highest BCUT2D eigenvalue weighted by atomic mass is 35.5. The van der Waals surface area contributed by atoms with Crippen LogP contribution in [-0.2, 0) is 6.42 Å². The molecule has 3 nitrogen and oxygen atoms in total. The van der Waals surface area contributed by atoms with Crippen molar-refractivity contribution < 1.29 is 14.2 Å². The van der Waals surface area contributed by atoms with Gasteiger partial charge in [-0.1, -0.05) is 37.0 Å². The zero-order valence-corrected chi connectivity index (χ0v) is 14.7. The summed E-state index contributed by atoms with van der Waals surface area (Å²) in [6, 6.07) is 6.17. The Labute approximate surface area is 145 Å². The molecule has 0 amide bonds. The van der Waals surface area contributed by atoms with Crippen molar-refractivity contribution in [1.82, 2.24) is 4.98 Å². The van der Waals surface area contributed by atoms with E-state index in [9.17, 15) is 9.50 Å². The lowest BCUT2D eigenvalue weighted by Gasteiger charge is -2.24. The first-order valence-electron chi connectivity index (χ1n) is 7.07. The molecule has 1 aromatic heterocycles. The maximum atomic E-state index is 14.4. The molecule has 0 saturated carbocycles. The zero-order chi connectivity index (χ0) is 17.2. The van der Waals surface area contributed by atoms with E-state index in [1.807, 2.05) is 13.8 Å². The third-order valence-corrected chi connectivity index (χ3v) is 4.10. The molecular weight excluding hydrogens is 340 g/mol. The summed E-state index contributed by atoms with van der Waals surface area (Å²) in [5.41, 5.74) is 1.16. The van der Waals surface area contributed by atoms with Crippen molar-refractivity contribution in [3.8, 4) is 16.9 Å². The van der Waals surface area contributed by atoms with Gasteiger partial charge in [-0.15, -0.1) is 0 Å². The third kappa shape index (κ3) is 4.14. The lowest BCUT2D eigenvalue weighted by molar-refractivity contribution is 0.160. The summed E-state index contributed by atoms with van der Waals surface area (Å²) in [6.07, 6.45) is 0.438. The second kappa shape index (κ2) is 7.04. The quantitative estimate of drug-likeness (QED) is 0.784. The van der Waals surface area contributed by atoms with Crippen LogP contribution in [0.3, 0.4) is 0 Å². The minimum atomic E-state index is -0.439. The average molecular weight is 358 g/mol. The lowest BCUT2D eigenvalue weighted by Crippen LogP contribution is -2.20. The Kier molecular flexibility index (Phi) is 5.50. The van der Waals surface area contributed by atoms with Crippen molar-refractivity contribution in [3.63, 3.8) is 0 Å². The average Bonchev–Trinajstić information content (AvgIpc) is 2.49. The Hall–Kier alpha value is -1.36. The molecule has 0 unspecified atom stereocenters. The molecule has 0 aliphatic rings. The Bertz CT molecular complexity index is 720. The molecule has 1 heterocycles. The summed E-state index contributed by atoms with van der Waals surface area (Å²) in [6.45, 7) is 3.76. The summed E-state index contributed by atoms with van der Waals surface area (Å²) < 4.78 is 19.5. The van der Waals surface area contributed by atoms with Gasteiger partial charge in [0, 0.05) is 18.2 Å². The van der Waals surface area contributed by atoms with E-state index in [0.717, 1.165) is 0 Å². The monoisotopic (exact) mass is 357 g/mol. The molecule has 2 aromatic rings. The number of rotatable bonds is 5. The van der Waals surface area contributed by atoms with Crippen molar-refractivity contribution in [1.29, 1.82) is 0 Å². The molecule has 1 aromatic carbocycles. The fraction of sp³-hybridized carbons (Fsp3) is 0.353. The van der Waals surface area contributed by atoms with Gasteiger partial charge in [0.1, 0.15) is 21.9 Å². The Morgan fingerprint density at radius 1 is 1.22 bits per heavy atom. The van der Waals surface area contributed by atoms with Crippen LogP contribution < -0.4 is 4.74 Å². The molecule has 0 saturated heterocycles. The van der Waals surface area contributed by atoms with Gasteiger partial charge in [-0.05, 0) is 41.2 Å². The van der Waals surface area contributed by atoms with Crippen LogP contribution >= 0.6 is 23.2 Å². The number of hydrogen-bond acceptors (Lipinski definition) is 3. The van der Waals surface area contributed by atoms with Gasteiger partial charge in [-0.25, -0.2) is 9.37 Å². The smallest absolute Gasteiger partial charge is 0.134 e. The summed E-state index contributed by atoms with van der Waals surface area (Å²) >= 11 is 12.2. The van der Waals surface area contributed by atoms with E-state index in [1.54, 1.807) is 18.2 Å². The van der Waals surface area contributed by atoms with E-state index in [4.69, 9.17) is 27.9 Å². The van der Waals surface area contributed by atoms with Crippen LogP contribution in [0, 0.1) is 11.2 Å². The van der Waals surface area contributed by atoms with Gasteiger partial charge >= 0.3 is 0 Å². The number of aliphatic hydroxyl groups excluding tert-OH is 1. The molecule has 0 fully saturated rings. The number of benzene rings is 1. The second-order valence-corrected chi connectivity index (χ2v) is 6.85. The SMILES string of the molecule is COc1ccc(-c2cc(Cl)nc(Cl)c2CC(C)(C)CO)c(F)c1. The molecule has 0 aliphatic heterocycles. The molecule has 2 rings (SSSR count). The van der Waals surface area contributed by atoms with Crippen LogP contribution in [-0.4, -0.2) is 23.8 Å². The molecule has 1 N–H and O–H groups in total. The Morgan fingerprint density at radius 2 is 1.91 bits per heavy atom. The van der Waals surface area contributed by atoms with Crippen molar-refractivity contribution in [2.75, 3.05) is 13.7 Å². The van der Waals surface area contributed by atoms with Gasteiger partial charge in [-0.3, -0.25) is 0 Å². The van der Waals surface area contributed by atoms with E-state index in [1.165, 1.54) is 13.2 Å². The van der Waals surface area contributed by atoms with Gasteiger partial charge in [0.05, 0.1) is 7.11 Å². The highest BCUT2D eigenvalue weighted by molar-refractivity contribution is 6.33. The minimum Gasteiger partial charge on any atom is -0.497 e. The van der Waals surface area contributed by atoms with E-state index < -0.39 is 11.2 Å². The molecule has 0 aliphatic carbocycles. The number of pyridine rings is 1. The number of hydrogen-bond donors (Lipinski definition) is 1. The van der Waals surface area contributed by atoms with Gasteiger partial charge in [0.15, 0.2) is 0 Å². The van der Waals surface area contributed by atoms with Crippen LogP contribution in [0.2, 0.25) is 10.3 Å². The van der Waals surface area contributed by atoms with Crippen LogP contribution in [0.1, 0.15) is 19.4 Å². The molecular formula is C17H18Cl2FNO2. The van der Waals surface area contributed by atoms with E-state index in [-0.39, 0.29) is 16.9 Å². The maximum absolute atomic E-state index is 14.4. The summed E-state index contributed by atoms with van der Waals surface area (Å²) in [5, 5.41) is 9.90. The standard InChI is InChI=1S/C17H18Cl2FNO2/c1-17(2,9-22)8-13-12(7-15(18)21-16(13)19)11-5-4-10(23-3)6-14(11)20/h4-7,22H,8-9H2,1-3H3. The number of aliphatic hydroxyl groups is 1. The van der Waals surface area contributed by atoms with Crippen molar-refractivity contribution in [3.05, 3.63) is 46.0 Å². The number of nitrogens with zero attached hydrogens (tertiary/aromatic N) is 1. The Morgan fingerprint density at radius 3 is 2.48 bits per heavy atom. The molecule has 23 heavy (non-hydrogen) atoms. The fourth-order valence-corrected chi connectivity index (χ4v) is 2.79. The maximum Gasteiger partial charge on any atom is 0.134 e. The highest BCUT2D eigenvalue weighted by Crippen LogP contribution is 2.37. The normalized spacial score (nSPS) is 11.6. The van der Waals surface area contributed by atoms with Gasteiger partial charge in [0.2, 0.25) is 0 Å². The van der Waals surface area contributed by atoms with E-state index >= 15 is 0 Å². The number of methoxy groups -OCH3 is 1. The predicted molar refractivity (Wildman–Crippen MR) is 90.8 cm³/mol. The van der Waals surface area contributed by atoms with Crippen LogP contribution in [0.15, 0.2) is 24.3 Å². The van der Waals surface area contributed by atoms with Gasteiger partial charge < -0.3 is 9.84 Å². The Balaban J connectivity index is 2.61. The third-order valence-electron chi connectivity index (χ3n) is 3.59. The van der Waals surface area contributed by atoms with Crippen molar-refractivity contribution in [2.45, 2.75) is 20.3 Å². The highest BCUT2D eigenvalue weighted by Gasteiger charge is 2.24. The predicted octanol–water partition coefficient (Wildman–Crippen LogP) is 4.76. The first kappa shape index (κ1) is 18.0. The first-order chi connectivity index (χ1) is 10.8. The molecule has 0 radical (unpaired) electrons. The second-order valence-electron chi connectivity index (χ2n) is 6.11. The summed E-state index contributed by atoms with van der Waals surface area (Å²) in [4.78, 5) is 4.04. The van der Waals surface area contributed by atoms with E-state index in [2.05, 4.69) is 4.98 Å². The van der Waals surface area contributed by atoms with Crippen molar-refractivity contribution in [2.24, 2.45) is 5.41 Å². The molecule has 0 atom stereocenters. The lowest BCUT2D eigenvalue weighted by atomic mass is 9.84. The topological polar surface area (TPSA) is 42.4 Å². The van der Waals surface area contributed by atoms with Crippen LogP contribution in [0.25, 0.3) is 11.1 Å². The molecule has 0 bridgehead atoms. The van der Waals surface area contributed by atoms with Gasteiger partial charge in [0.25, 0.3) is 0 Å². The largest absolute Gasteiger partial charge is 0.497 e. The summed E-state index contributed by atoms with van der Waals surface area (Å²) in [7, 11) is 1.48. The number of halogens is 3. The minimum absolute atomic E-state index is 0.0313. The molecule has 124 valence electrons.